The predicted octanol–water partition coefficient (Wildman–Crippen LogP) is 3.14. The maximum atomic E-state index is 11.8. The lowest BCUT2D eigenvalue weighted by molar-refractivity contribution is 0.102. The number of carbonyl (C=O) groups excluding carboxylic acids is 1. The molecule has 16 heavy (non-hydrogen) atoms. The molecule has 0 spiro atoms. The Bertz CT molecular complexity index is 355. The Balaban J connectivity index is 2.47. The Morgan fingerprint density at radius 3 is 2.94 bits per heavy atom. The molecule has 0 fully saturated rings. The summed E-state index contributed by atoms with van der Waals surface area (Å²) < 4.78 is 0.923. The van der Waals surface area contributed by atoms with Gasteiger partial charge >= 0.3 is 0 Å². The van der Waals surface area contributed by atoms with E-state index in [0.29, 0.717) is 11.0 Å². The molecule has 2 nitrogen and oxygen atoms in total. The lowest BCUT2D eigenvalue weighted by Gasteiger charge is -2.08. The summed E-state index contributed by atoms with van der Waals surface area (Å²) in [6.07, 6.45) is 0.733. The van der Waals surface area contributed by atoms with Gasteiger partial charge in [0, 0.05) is 21.9 Å². The van der Waals surface area contributed by atoms with E-state index in [-0.39, 0.29) is 12.4 Å². The highest BCUT2D eigenvalue weighted by atomic mass is 79.9. The second-order valence-electron chi connectivity index (χ2n) is 3.57. The third kappa shape index (κ3) is 4.68. The van der Waals surface area contributed by atoms with Gasteiger partial charge in [0.25, 0.3) is 0 Å². The Morgan fingerprint density at radius 2 is 2.31 bits per heavy atom. The SMILES string of the molecule is CC(CCO)SCC(=O)c1cccc(Br)c1. The molecule has 0 aromatic heterocycles. The quantitative estimate of drug-likeness (QED) is 0.820. The number of hydrogen-bond acceptors (Lipinski definition) is 3. The van der Waals surface area contributed by atoms with E-state index in [2.05, 4.69) is 15.9 Å². The van der Waals surface area contributed by atoms with Gasteiger partial charge in [-0.3, -0.25) is 4.79 Å². The number of ketones is 1. The Hall–Kier alpha value is -0.320. The van der Waals surface area contributed by atoms with Crippen molar-refractivity contribution < 1.29 is 9.90 Å². The second-order valence-corrected chi connectivity index (χ2v) is 5.91. The van der Waals surface area contributed by atoms with E-state index in [1.807, 2.05) is 31.2 Å². The zero-order valence-electron chi connectivity index (χ0n) is 9.15. The number of thioether (sulfide) groups is 1. The van der Waals surface area contributed by atoms with Crippen molar-refractivity contribution in [3.63, 3.8) is 0 Å². The van der Waals surface area contributed by atoms with Crippen LogP contribution < -0.4 is 0 Å². The smallest absolute Gasteiger partial charge is 0.172 e. The standard InChI is InChI=1S/C12H15BrO2S/c1-9(5-6-14)16-8-12(15)10-3-2-4-11(13)7-10/h2-4,7,9,14H,5-6,8H2,1H3. The summed E-state index contributed by atoms with van der Waals surface area (Å²) in [7, 11) is 0. The van der Waals surface area contributed by atoms with Gasteiger partial charge in [-0.25, -0.2) is 0 Å². The average molecular weight is 303 g/mol. The number of benzene rings is 1. The van der Waals surface area contributed by atoms with Crippen LogP contribution in [0.5, 0.6) is 0 Å². The molecule has 0 saturated carbocycles. The number of halogens is 1. The van der Waals surface area contributed by atoms with Gasteiger partial charge in [-0.15, -0.1) is 0 Å². The van der Waals surface area contributed by atoms with Crippen LogP contribution in [0.25, 0.3) is 0 Å². The molecule has 1 atom stereocenters. The van der Waals surface area contributed by atoms with Gasteiger partial charge in [-0.2, -0.15) is 11.8 Å². The number of rotatable bonds is 6. The minimum atomic E-state index is 0.135. The highest BCUT2D eigenvalue weighted by molar-refractivity contribution is 9.10. The van der Waals surface area contributed by atoms with Gasteiger partial charge in [0.2, 0.25) is 0 Å². The van der Waals surface area contributed by atoms with E-state index in [1.54, 1.807) is 11.8 Å². The van der Waals surface area contributed by atoms with Gasteiger partial charge in [-0.1, -0.05) is 35.0 Å². The maximum absolute atomic E-state index is 11.8. The first-order valence-corrected chi connectivity index (χ1v) is 6.99. The van der Waals surface area contributed by atoms with Crippen molar-refractivity contribution in [1.29, 1.82) is 0 Å². The topological polar surface area (TPSA) is 37.3 Å². The molecule has 0 bridgehead atoms. The van der Waals surface area contributed by atoms with Crippen LogP contribution in [-0.2, 0) is 0 Å². The first kappa shape index (κ1) is 13.7. The maximum Gasteiger partial charge on any atom is 0.172 e. The van der Waals surface area contributed by atoms with Gasteiger partial charge < -0.3 is 5.11 Å². The third-order valence-corrected chi connectivity index (χ3v) is 3.91. The van der Waals surface area contributed by atoms with Gasteiger partial charge in [0.05, 0.1) is 5.75 Å². The van der Waals surface area contributed by atoms with Gasteiger partial charge in [-0.05, 0) is 18.6 Å². The fourth-order valence-electron chi connectivity index (χ4n) is 1.23. The number of carbonyl (C=O) groups is 1. The van der Waals surface area contributed by atoms with Gasteiger partial charge in [0.15, 0.2) is 5.78 Å². The van der Waals surface area contributed by atoms with Gasteiger partial charge in [0.1, 0.15) is 0 Å². The van der Waals surface area contributed by atoms with E-state index in [0.717, 1.165) is 16.5 Å². The number of hydrogen-bond donors (Lipinski definition) is 1. The monoisotopic (exact) mass is 302 g/mol. The van der Waals surface area contributed by atoms with Crippen LogP contribution in [0.4, 0.5) is 0 Å². The highest BCUT2D eigenvalue weighted by Crippen LogP contribution is 2.17. The number of Topliss-reactive ketones (excluding diaryl/α,β-unsaturated/α-hetero) is 1. The summed E-state index contributed by atoms with van der Waals surface area (Å²) in [6.45, 7) is 2.20. The molecular formula is C12H15BrO2S. The van der Waals surface area contributed by atoms with E-state index < -0.39 is 0 Å². The molecule has 1 unspecified atom stereocenters. The zero-order valence-corrected chi connectivity index (χ0v) is 11.6. The van der Waals surface area contributed by atoms with Crippen molar-refractivity contribution >= 4 is 33.5 Å². The molecule has 0 heterocycles. The predicted molar refractivity (Wildman–Crippen MR) is 72.1 cm³/mol. The van der Waals surface area contributed by atoms with Crippen molar-refractivity contribution in [3.05, 3.63) is 34.3 Å². The molecule has 0 radical (unpaired) electrons. The number of aliphatic hydroxyl groups excluding tert-OH is 1. The largest absolute Gasteiger partial charge is 0.396 e. The summed E-state index contributed by atoms with van der Waals surface area (Å²) in [4.78, 5) is 11.8. The molecule has 0 aliphatic heterocycles. The van der Waals surface area contributed by atoms with E-state index in [4.69, 9.17) is 5.11 Å². The summed E-state index contributed by atoms with van der Waals surface area (Å²) in [5.41, 5.74) is 0.734. The molecule has 1 aromatic carbocycles. The Kier molecular flexibility index (Phi) is 6.09. The molecule has 1 rings (SSSR count). The molecule has 4 heteroatoms. The highest BCUT2D eigenvalue weighted by Gasteiger charge is 2.09. The van der Waals surface area contributed by atoms with Crippen molar-refractivity contribution in [1.82, 2.24) is 0 Å². The molecule has 1 N–H and O–H groups in total. The van der Waals surface area contributed by atoms with Crippen molar-refractivity contribution in [2.75, 3.05) is 12.4 Å². The molecule has 0 amide bonds. The van der Waals surface area contributed by atoms with Crippen LogP contribution >= 0.6 is 27.7 Å². The van der Waals surface area contributed by atoms with Crippen LogP contribution in [0, 0.1) is 0 Å². The number of aliphatic hydroxyl groups is 1. The summed E-state index contributed by atoms with van der Waals surface area (Å²) in [5.74, 6) is 0.605. The average Bonchev–Trinajstić information content (AvgIpc) is 2.26. The normalized spacial score (nSPS) is 12.4. The van der Waals surface area contributed by atoms with Crippen molar-refractivity contribution in [2.45, 2.75) is 18.6 Å². The molecular weight excluding hydrogens is 288 g/mol. The summed E-state index contributed by atoms with van der Waals surface area (Å²) in [5, 5.41) is 9.07. The van der Waals surface area contributed by atoms with Crippen molar-refractivity contribution in [2.24, 2.45) is 0 Å². The third-order valence-electron chi connectivity index (χ3n) is 2.18. The zero-order chi connectivity index (χ0) is 12.0. The second kappa shape index (κ2) is 7.09. The van der Waals surface area contributed by atoms with E-state index in [1.165, 1.54) is 0 Å². The fourth-order valence-corrected chi connectivity index (χ4v) is 2.50. The first-order chi connectivity index (χ1) is 7.63. The van der Waals surface area contributed by atoms with Crippen LogP contribution in [0.15, 0.2) is 28.7 Å². The van der Waals surface area contributed by atoms with E-state index in [9.17, 15) is 4.79 Å². The van der Waals surface area contributed by atoms with Crippen LogP contribution in [0.1, 0.15) is 23.7 Å². The Morgan fingerprint density at radius 1 is 1.56 bits per heavy atom. The molecule has 0 aliphatic rings. The molecule has 1 aromatic rings. The minimum absolute atomic E-state index is 0.135. The van der Waals surface area contributed by atoms with Crippen LogP contribution in [0.2, 0.25) is 0 Å². The lowest BCUT2D eigenvalue weighted by Crippen LogP contribution is -2.07. The van der Waals surface area contributed by atoms with Crippen molar-refractivity contribution in [3.8, 4) is 0 Å². The lowest BCUT2D eigenvalue weighted by atomic mass is 10.2. The summed E-state index contributed by atoms with van der Waals surface area (Å²) >= 11 is 4.93. The fraction of sp³-hybridized carbons (Fsp3) is 0.417. The first-order valence-electron chi connectivity index (χ1n) is 5.14. The molecule has 0 saturated heterocycles. The molecule has 0 aliphatic carbocycles. The minimum Gasteiger partial charge on any atom is -0.396 e. The van der Waals surface area contributed by atoms with E-state index >= 15 is 0 Å². The summed E-state index contributed by atoms with van der Waals surface area (Å²) in [6, 6.07) is 7.42. The molecule has 88 valence electrons. The van der Waals surface area contributed by atoms with Crippen LogP contribution in [0.3, 0.4) is 0 Å². The van der Waals surface area contributed by atoms with Crippen LogP contribution in [-0.4, -0.2) is 28.5 Å². The Labute approximate surface area is 109 Å².